The van der Waals surface area contributed by atoms with Crippen LogP contribution in [0.1, 0.15) is 17.5 Å². The summed E-state index contributed by atoms with van der Waals surface area (Å²) < 4.78 is 11.5. The number of cyclic esters (lactones) is 1. The second-order valence-electron chi connectivity index (χ2n) is 5.76. The summed E-state index contributed by atoms with van der Waals surface area (Å²) in [5.74, 6) is -0.868. The Hall–Kier alpha value is -2.66. The van der Waals surface area contributed by atoms with Crippen molar-refractivity contribution in [2.45, 2.75) is 12.5 Å². The second-order valence-corrected chi connectivity index (χ2v) is 6.68. The number of carbonyl (C=O) groups is 2. The smallest absolute Gasteiger partial charge is 0.338 e. The van der Waals surface area contributed by atoms with E-state index in [0.29, 0.717) is 12.0 Å². The van der Waals surface area contributed by atoms with Crippen LogP contribution in [0, 0.1) is 0 Å². The van der Waals surface area contributed by atoms with Crippen molar-refractivity contribution < 1.29 is 19.1 Å². The van der Waals surface area contributed by atoms with Gasteiger partial charge in [-0.1, -0.05) is 64.5 Å². The molecular weight excluding hydrogens is 396 g/mol. The van der Waals surface area contributed by atoms with Gasteiger partial charge in [-0.2, -0.15) is 0 Å². The lowest BCUT2D eigenvalue weighted by Crippen LogP contribution is -2.28. The van der Waals surface area contributed by atoms with E-state index in [1.807, 2.05) is 60.7 Å². The zero-order chi connectivity index (χ0) is 18.4. The van der Waals surface area contributed by atoms with Crippen LogP contribution < -0.4 is 0 Å². The van der Waals surface area contributed by atoms with Gasteiger partial charge in [0.25, 0.3) is 0 Å². The molecule has 1 atom stereocenters. The highest BCUT2D eigenvalue weighted by atomic mass is 79.9. The Labute approximate surface area is 160 Å². The monoisotopic (exact) mass is 412 g/mol. The highest BCUT2D eigenvalue weighted by Gasteiger charge is 2.24. The van der Waals surface area contributed by atoms with Crippen molar-refractivity contribution >= 4 is 39.5 Å². The maximum absolute atomic E-state index is 12.2. The Bertz CT molecular complexity index is 838. The largest absolute Gasteiger partial charge is 0.459 e. The van der Waals surface area contributed by atoms with E-state index in [2.05, 4.69) is 15.9 Å². The molecule has 0 radical (unpaired) electrons. The summed E-state index contributed by atoms with van der Waals surface area (Å²) in [7, 11) is 0. The zero-order valence-corrected chi connectivity index (χ0v) is 15.5. The molecule has 1 aliphatic heterocycles. The summed E-state index contributed by atoms with van der Waals surface area (Å²) in [5.41, 5.74) is 2.25. The fourth-order valence-electron chi connectivity index (χ4n) is 2.51. The predicted octanol–water partition coefficient (Wildman–Crippen LogP) is 4.40. The predicted molar refractivity (Wildman–Crippen MR) is 103 cm³/mol. The molecule has 0 N–H and O–H groups in total. The number of halogens is 1. The van der Waals surface area contributed by atoms with E-state index in [1.54, 1.807) is 6.08 Å². The van der Waals surface area contributed by atoms with Crippen molar-refractivity contribution in [2.24, 2.45) is 0 Å². The minimum atomic E-state index is -0.465. The first-order chi connectivity index (χ1) is 12.6. The van der Waals surface area contributed by atoms with Crippen molar-refractivity contribution in [1.82, 2.24) is 0 Å². The number of rotatable bonds is 5. The molecule has 3 rings (SSSR count). The van der Waals surface area contributed by atoms with Crippen LogP contribution >= 0.6 is 15.9 Å². The molecule has 1 aliphatic rings. The molecule has 0 fully saturated rings. The molecule has 26 heavy (non-hydrogen) atoms. The van der Waals surface area contributed by atoms with Crippen LogP contribution in [0.15, 0.2) is 71.2 Å². The lowest BCUT2D eigenvalue weighted by Gasteiger charge is -2.22. The van der Waals surface area contributed by atoms with E-state index in [-0.39, 0.29) is 6.61 Å². The lowest BCUT2D eigenvalue weighted by molar-refractivity contribution is -0.152. The molecule has 2 aromatic carbocycles. The highest BCUT2D eigenvalue weighted by Crippen LogP contribution is 2.24. The highest BCUT2D eigenvalue weighted by molar-refractivity contribution is 9.10. The van der Waals surface area contributed by atoms with E-state index < -0.39 is 18.0 Å². The molecule has 0 aliphatic carbocycles. The number of hydrogen-bond acceptors (Lipinski definition) is 4. The van der Waals surface area contributed by atoms with Gasteiger partial charge < -0.3 is 9.47 Å². The van der Waals surface area contributed by atoms with E-state index >= 15 is 0 Å². The average Bonchev–Trinajstić information content (AvgIpc) is 2.66. The number of ether oxygens (including phenoxy) is 2. The van der Waals surface area contributed by atoms with Gasteiger partial charge in [-0.3, -0.25) is 0 Å². The fraction of sp³-hybridized carbons (Fsp3) is 0.143. The topological polar surface area (TPSA) is 52.6 Å². The van der Waals surface area contributed by atoms with Crippen LogP contribution in [0.4, 0.5) is 0 Å². The Kier molecular flexibility index (Phi) is 6.02. The van der Waals surface area contributed by atoms with Crippen LogP contribution in [0.2, 0.25) is 0 Å². The normalized spacial score (nSPS) is 16.9. The molecule has 0 saturated carbocycles. The number of carbonyl (C=O) groups excluding carboxylic acids is 2. The molecule has 4 nitrogen and oxygen atoms in total. The van der Waals surface area contributed by atoms with Gasteiger partial charge in [-0.05, 0) is 29.3 Å². The van der Waals surface area contributed by atoms with Crippen molar-refractivity contribution in [1.29, 1.82) is 0 Å². The first kappa shape index (κ1) is 18.1. The van der Waals surface area contributed by atoms with Gasteiger partial charge in [0.15, 0.2) is 0 Å². The summed E-state index contributed by atoms with van der Waals surface area (Å²) in [6.45, 7) is 0.0355. The molecule has 2 aromatic rings. The Balaban J connectivity index is 1.52. The Morgan fingerprint density at radius 2 is 1.88 bits per heavy atom. The van der Waals surface area contributed by atoms with E-state index in [0.717, 1.165) is 15.6 Å². The molecule has 5 heteroatoms. The molecule has 0 aromatic heterocycles. The van der Waals surface area contributed by atoms with Crippen LogP contribution in [-0.2, 0) is 19.1 Å². The van der Waals surface area contributed by atoms with Crippen LogP contribution in [-0.4, -0.2) is 24.6 Å². The molecule has 0 spiro atoms. The first-order valence-electron chi connectivity index (χ1n) is 8.19. The quantitative estimate of drug-likeness (QED) is 0.539. The minimum absolute atomic E-state index is 0.0355. The number of benzene rings is 2. The van der Waals surface area contributed by atoms with Gasteiger partial charge in [0, 0.05) is 17.0 Å². The van der Waals surface area contributed by atoms with E-state index in [4.69, 9.17) is 9.47 Å². The maximum atomic E-state index is 12.2. The van der Waals surface area contributed by atoms with Crippen LogP contribution in [0.5, 0.6) is 0 Å². The molecular formula is C21H17BrO4. The Morgan fingerprint density at radius 3 is 2.58 bits per heavy atom. The molecule has 1 unspecified atom stereocenters. The molecule has 0 amide bonds. The van der Waals surface area contributed by atoms with Gasteiger partial charge in [-0.25, -0.2) is 9.59 Å². The third kappa shape index (κ3) is 4.92. The summed E-state index contributed by atoms with van der Waals surface area (Å²) in [4.78, 5) is 24.0. The third-order valence-electron chi connectivity index (χ3n) is 3.86. The average molecular weight is 413 g/mol. The fourth-order valence-corrected chi connectivity index (χ4v) is 2.78. The van der Waals surface area contributed by atoms with Gasteiger partial charge >= 0.3 is 11.9 Å². The standard InChI is InChI=1S/C21H17BrO4/c22-17-9-7-16(8-10-17)19-12-11-18(26-21(19)24)14-25-20(23)13-6-15-4-2-1-3-5-15/h1-10,12-13,18H,11,14H2/b13-6+. The first-order valence-corrected chi connectivity index (χ1v) is 8.98. The summed E-state index contributed by atoms with van der Waals surface area (Å²) in [6.07, 6.45) is 4.92. The van der Waals surface area contributed by atoms with Crippen LogP contribution in [0.25, 0.3) is 11.6 Å². The third-order valence-corrected chi connectivity index (χ3v) is 4.39. The SMILES string of the molecule is O=C(/C=C/c1ccccc1)OCC1CC=C(c2ccc(Br)cc2)C(=O)O1. The summed E-state index contributed by atoms with van der Waals surface area (Å²) in [6, 6.07) is 16.9. The van der Waals surface area contributed by atoms with Gasteiger partial charge in [0.2, 0.25) is 0 Å². The molecule has 0 bridgehead atoms. The van der Waals surface area contributed by atoms with Gasteiger partial charge in [0.05, 0.1) is 5.57 Å². The van der Waals surface area contributed by atoms with Crippen molar-refractivity contribution in [2.75, 3.05) is 6.61 Å². The van der Waals surface area contributed by atoms with Crippen LogP contribution in [0.3, 0.4) is 0 Å². The van der Waals surface area contributed by atoms with Gasteiger partial charge in [-0.15, -0.1) is 0 Å². The molecule has 132 valence electrons. The summed E-state index contributed by atoms with van der Waals surface area (Å²) >= 11 is 3.37. The second kappa shape index (κ2) is 8.63. The zero-order valence-electron chi connectivity index (χ0n) is 13.9. The van der Waals surface area contributed by atoms with Crippen molar-refractivity contribution in [3.05, 3.63) is 82.3 Å². The van der Waals surface area contributed by atoms with E-state index in [1.165, 1.54) is 6.08 Å². The summed E-state index contributed by atoms with van der Waals surface area (Å²) in [5, 5.41) is 0. The minimum Gasteiger partial charge on any atom is -0.459 e. The number of esters is 2. The molecule has 0 saturated heterocycles. The van der Waals surface area contributed by atoms with Crippen molar-refractivity contribution in [3.8, 4) is 0 Å². The Morgan fingerprint density at radius 1 is 1.15 bits per heavy atom. The number of hydrogen-bond donors (Lipinski definition) is 0. The van der Waals surface area contributed by atoms with Crippen molar-refractivity contribution in [3.63, 3.8) is 0 Å². The van der Waals surface area contributed by atoms with Gasteiger partial charge in [0.1, 0.15) is 12.7 Å². The lowest BCUT2D eigenvalue weighted by atomic mass is 10.0. The molecule has 1 heterocycles. The van der Waals surface area contributed by atoms with E-state index in [9.17, 15) is 9.59 Å². The maximum Gasteiger partial charge on any atom is 0.338 e.